The van der Waals surface area contributed by atoms with Gasteiger partial charge in [0.05, 0.1) is 23.6 Å². The lowest BCUT2D eigenvalue weighted by Crippen LogP contribution is -2.38. The Labute approximate surface area is 158 Å². The van der Waals surface area contributed by atoms with Crippen molar-refractivity contribution in [1.29, 1.82) is 0 Å². The second kappa shape index (κ2) is 8.10. The van der Waals surface area contributed by atoms with Crippen molar-refractivity contribution in [3.05, 3.63) is 71.5 Å². The van der Waals surface area contributed by atoms with E-state index < -0.39 is 0 Å². The topological polar surface area (TPSA) is 50.4 Å². The van der Waals surface area contributed by atoms with Crippen LogP contribution in [0.5, 0.6) is 0 Å². The number of aliphatic imine (C=N–C) groups is 1. The van der Waals surface area contributed by atoms with Crippen LogP contribution in [0.15, 0.2) is 60.2 Å². The van der Waals surface area contributed by atoms with Crippen LogP contribution in [0.25, 0.3) is 5.69 Å². The molecule has 0 saturated carbocycles. The van der Waals surface area contributed by atoms with E-state index in [1.807, 2.05) is 53.8 Å². The number of aromatic nitrogens is 3. The molecule has 0 aliphatic rings. The maximum Gasteiger partial charge on any atom is 0.194 e. The Kier molecular flexibility index (Phi) is 5.63. The van der Waals surface area contributed by atoms with Gasteiger partial charge in [-0.2, -0.15) is 0 Å². The largest absolute Gasteiger partial charge is 0.352 e. The van der Waals surface area contributed by atoms with Gasteiger partial charge in [0, 0.05) is 52.0 Å². The number of nitrogens with zero attached hydrogens (tertiary/aromatic N) is 5. The van der Waals surface area contributed by atoms with E-state index in [0.29, 0.717) is 13.1 Å². The second-order valence-electron chi connectivity index (χ2n) is 6.12. The van der Waals surface area contributed by atoms with Gasteiger partial charge in [-0.15, -0.1) is 0 Å². The molecule has 0 saturated heterocycles. The van der Waals surface area contributed by atoms with Crippen molar-refractivity contribution in [2.45, 2.75) is 13.1 Å². The van der Waals surface area contributed by atoms with Gasteiger partial charge in [0.1, 0.15) is 0 Å². The number of imidazole rings is 1. The predicted octanol–water partition coefficient (Wildman–Crippen LogP) is 3.07. The number of rotatable bonds is 5. The number of hydrogen-bond donors (Lipinski definition) is 1. The molecule has 136 valence electrons. The zero-order valence-electron chi connectivity index (χ0n) is 15.2. The summed E-state index contributed by atoms with van der Waals surface area (Å²) < 4.78 is 4.04. The minimum atomic E-state index is 0.666. The summed E-state index contributed by atoms with van der Waals surface area (Å²) in [7, 11) is 5.79. The van der Waals surface area contributed by atoms with E-state index in [9.17, 15) is 0 Å². The molecule has 0 spiro atoms. The summed E-state index contributed by atoms with van der Waals surface area (Å²) >= 11 is 6.08. The Hall–Kier alpha value is -2.73. The van der Waals surface area contributed by atoms with Crippen LogP contribution in [-0.2, 0) is 20.1 Å². The first-order valence-electron chi connectivity index (χ1n) is 8.37. The molecular formula is C19H23ClN6. The molecule has 6 nitrogen and oxygen atoms in total. The van der Waals surface area contributed by atoms with Crippen molar-refractivity contribution in [2.75, 3.05) is 14.1 Å². The van der Waals surface area contributed by atoms with Gasteiger partial charge >= 0.3 is 0 Å². The Bertz CT molecular complexity index is 881. The van der Waals surface area contributed by atoms with Crippen LogP contribution in [0.4, 0.5) is 0 Å². The molecule has 1 N–H and O–H groups in total. The summed E-state index contributed by atoms with van der Waals surface area (Å²) in [5.41, 5.74) is 3.39. The highest BCUT2D eigenvalue weighted by Gasteiger charge is 2.11. The summed E-state index contributed by atoms with van der Waals surface area (Å²) in [6.45, 7) is 1.38. The van der Waals surface area contributed by atoms with Gasteiger partial charge in [-0.1, -0.05) is 29.8 Å². The minimum absolute atomic E-state index is 0.666. The first-order chi connectivity index (χ1) is 12.6. The normalized spacial score (nSPS) is 11.6. The highest BCUT2D eigenvalue weighted by atomic mass is 35.5. The molecule has 7 heteroatoms. The highest BCUT2D eigenvalue weighted by molar-refractivity contribution is 6.30. The number of nitrogens with one attached hydrogen (secondary N) is 1. The predicted molar refractivity (Wildman–Crippen MR) is 106 cm³/mol. The summed E-state index contributed by atoms with van der Waals surface area (Å²) in [5.74, 6) is 0.822. The first-order valence-corrected chi connectivity index (χ1v) is 8.75. The van der Waals surface area contributed by atoms with Crippen molar-refractivity contribution < 1.29 is 0 Å². The average molecular weight is 371 g/mol. The summed E-state index contributed by atoms with van der Waals surface area (Å²) in [6, 6.07) is 10.2. The molecule has 2 heterocycles. The molecule has 0 amide bonds. The molecule has 0 atom stereocenters. The zero-order valence-corrected chi connectivity index (χ0v) is 16.0. The Morgan fingerprint density at radius 1 is 1.35 bits per heavy atom. The third-order valence-corrected chi connectivity index (χ3v) is 4.46. The van der Waals surface area contributed by atoms with E-state index in [2.05, 4.69) is 32.3 Å². The summed E-state index contributed by atoms with van der Waals surface area (Å²) in [4.78, 5) is 10.6. The van der Waals surface area contributed by atoms with E-state index >= 15 is 0 Å². The number of benzene rings is 1. The second-order valence-corrected chi connectivity index (χ2v) is 6.55. The molecule has 0 bridgehead atoms. The zero-order chi connectivity index (χ0) is 18.5. The van der Waals surface area contributed by atoms with Crippen LogP contribution in [-0.4, -0.2) is 39.1 Å². The average Bonchev–Trinajstić information content (AvgIpc) is 3.26. The molecular weight excluding hydrogens is 348 g/mol. The molecule has 0 unspecified atom stereocenters. The van der Waals surface area contributed by atoms with Gasteiger partial charge in [0.2, 0.25) is 0 Å². The number of para-hydroxylation sites is 1. The number of halogens is 1. The minimum Gasteiger partial charge on any atom is -0.352 e. The van der Waals surface area contributed by atoms with Crippen molar-refractivity contribution in [1.82, 2.24) is 24.3 Å². The molecule has 26 heavy (non-hydrogen) atoms. The van der Waals surface area contributed by atoms with Crippen molar-refractivity contribution >= 4 is 17.6 Å². The molecule has 3 rings (SSSR count). The van der Waals surface area contributed by atoms with Crippen LogP contribution in [0.2, 0.25) is 5.02 Å². The Morgan fingerprint density at radius 3 is 2.81 bits per heavy atom. The van der Waals surface area contributed by atoms with Crippen molar-refractivity contribution in [2.24, 2.45) is 12.0 Å². The van der Waals surface area contributed by atoms with E-state index in [-0.39, 0.29) is 0 Å². The van der Waals surface area contributed by atoms with Crippen molar-refractivity contribution in [3.63, 3.8) is 0 Å². The molecule has 0 aliphatic heterocycles. The molecule has 0 radical (unpaired) electrons. The maximum atomic E-state index is 6.08. The van der Waals surface area contributed by atoms with Gasteiger partial charge in [-0.3, -0.25) is 4.99 Å². The molecule has 3 aromatic rings. The smallest absolute Gasteiger partial charge is 0.194 e. The van der Waals surface area contributed by atoms with Crippen LogP contribution in [0.1, 0.15) is 11.3 Å². The molecule has 0 fully saturated rings. The molecule has 0 aliphatic carbocycles. The third-order valence-electron chi connectivity index (χ3n) is 4.26. The molecule has 1 aromatic carbocycles. The lowest BCUT2D eigenvalue weighted by Gasteiger charge is -2.23. The fourth-order valence-electron chi connectivity index (χ4n) is 2.91. The number of hydrogen-bond acceptors (Lipinski definition) is 2. The van der Waals surface area contributed by atoms with E-state index in [1.165, 1.54) is 5.56 Å². The number of guanidine groups is 1. The number of aryl methyl sites for hydroxylation is 1. The lowest BCUT2D eigenvalue weighted by atomic mass is 10.1. The lowest BCUT2D eigenvalue weighted by molar-refractivity contribution is 0.461. The van der Waals surface area contributed by atoms with Crippen LogP contribution in [0, 0.1) is 0 Å². The monoisotopic (exact) mass is 370 g/mol. The van der Waals surface area contributed by atoms with Gasteiger partial charge in [-0.25, -0.2) is 4.98 Å². The van der Waals surface area contributed by atoms with Gasteiger partial charge in [0.15, 0.2) is 5.96 Å². The van der Waals surface area contributed by atoms with Crippen LogP contribution >= 0.6 is 11.6 Å². The van der Waals surface area contributed by atoms with Gasteiger partial charge in [-0.05, 0) is 17.7 Å². The summed E-state index contributed by atoms with van der Waals surface area (Å²) in [6.07, 6.45) is 7.43. The maximum absolute atomic E-state index is 6.08. The van der Waals surface area contributed by atoms with Gasteiger partial charge in [0.25, 0.3) is 0 Å². The highest BCUT2D eigenvalue weighted by Crippen LogP contribution is 2.15. The fraction of sp³-hybridized carbons (Fsp3) is 0.263. The first kappa shape index (κ1) is 18.1. The Balaban J connectivity index is 1.69. The van der Waals surface area contributed by atoms with Crippen LogP contribution < -0.4 is 5.32 Å². The fourth-order valence-corrected chi connectivity index (χ4v) is 3.19. The van der Waals surface area contributed by atoms with E-state index in [0.717, 1.165) is 22.4 Å². The standard InChI is InChI=1S/C19H23ClN6/c1-21-19(25(3)13-17-10-16(20)12-24(17)2)23-11-15-6-4-5-7-18(15)26-9-8-22-14-26/h4-10,12,14H,11,13H2,1-3H3,(H,21,23). The van der Waals surface area contributed by atoms with Crippen LogP contribution in [0.3, 0.4) is 0 Å². The summed E-state index contributed by atoms with van der Waals surface area (Å²) in [5, 5.41) is 4.18. The van der Waals surface area contributed by atoms with E-state index in [4.69, 9.17) is 11.6 Å². The van der Waals surface area contributed by atoms with E-state index in [1.54, 1.807) is 19.6 Å². The Morgan fingerprint density at radius 2 is 2.15 bits per heavy atom. The third kappa shape index (κ3) is 4.08. The SMILES string of the molecule is CN=C(NCc1ccccc1-n1ccnc1)N(C)Cc1cc(Cl)cn1C. The van der Waals surface area contributed by atoms with Crippen molar-refractivity contribution in [3.8, 4) is 5.69 Å². The van der Waals surface area contributed by atoms with Gasteiger partial charge < -0.3 is 19.4 Å². The quantitative estimate of drug-likeness (QED) is 0.554. The molecule has 2 aromatic heterocycles.